The fourth-order valence-corrected chi connectivity index (χ4v) is 1.44. The normalized spacial score (nSPS) is 12.3. The van der Waals surface area contributed by atoms with Gasteiger partial charge in [0, 0.05) is 6.08 Å². The lowest BCUT2D eigenvalue weighted by Crippen LogP contribution is -1.92. The number of unbranched alkanes of at least 4 members (excludes halogenated alkanes) is 3. The molecule has 0 aromatic heterocycles. The highest BCUT2D eigenvalue weighted by atomic mass is 16.5. The third kappa shape index (κ3) is 14.4. The number of ether oxygens (including phenoxy) is 1. The molecule has 2 heteroatoms. The Morgan fingerprint density at radius 1 is 0.947 bits per heavy atom. The van der Waals surface area contributed by atoms with Gasteiger partial charge in [-0.3, -0.25) is 0 Å². The van der Waals surface area contributed by atoms with Crippen molar-refractivity contribution in [3.8, 4) is 0 Å². The Balaban J connectivity index is 3.50. The van der Waals surface area contributed by atoms with Gasteiger partial charge in [-0.25, -0.2) is 4.79 Å². The summed E-state index contributed by atoms with van der Waals surface area (Å²) in [4.78, 5) is 10.7. The fourth-order valence-electron chi connectivity index (χ4n) is 1.44. The predicted molar refractivity (Wildman–Crippen MR) is 82.0 cm³/mol. The van der Waals surface area contributed by atoms with E-state index in [0.717, 1.165) is 12.8 Å². The summed E-state index contributed by atoms with van der Waals surface area (Å²) in [5.41, 5.74) is 0. The average Bonchev–Trinajstić information content (AvgIpc) is 2.43. The molecular formula is C17H26O2. The van der Waals surface area contributed by atoms with Crippen LogP contribution in [0.25, 0.3) is 0 Å². The largest absolute Gasteiger partial charge is 0.466 e. The van der Waals surface area contributed by atoms with E-state index < -0.39 is 0 Å². The first-order valence-corrected chi connectivity index (χ1v) is 7.02. The van der Waals surface area contributed by atoms with Crippen molar-refractivity contribution < 1.29 is 9.53 Å². The molecule has 0 aliphatic heterocycles. The highest BCUT2D eigenvalue weighted by molar-refractivity contribution is 5.82. The van der Waals surface area contributed by atoms with Gasteiger partial charge in [0.05, 0.1) is 7.11 Å². The summed E-state index contributed by atoms with van der Waals surface area (Å²) >= 11 is 0. The number of hydrogen-bond acceptors (Lipinski definition) is 2. The molecule has 0 saturated carbocycles. The number of rotatable bonds is 10. The van der Waals surface area contributed by atoms with Crippen LogP contribution in [0.5, 0.6) is 0 Å². The van der Waals surface area contributed by atoms with Crippen LogP contribution in [-0.2, 0) is 9.53 Å². The van der Waals surface area contributed by atoms with Crippen LogP contribution in [0.3, 0.4) is 0 Å². The molecular weight excluding hydrogens is 236 g/mol. The highest BCUT2D eigenvalue weighted by Gasteiger charge is 1.85. The minimum atomic E-state index is -0.326. The molecule has 0 heterocycles. The van der Waals surface area contributed by atoms with Gasteiger partial charge < -0.3 is 4.74 Å². The van der Waals surface area contributed by atoms with E-state index in [-0.39, 0.29) is 5.97 Å². The van der Waals surface area contributed by atoms with Gasteiger partial charge in [0.25, 0.3) is 0 Å². The molecule has 0 aromatic carbocycles. The van der Waals surface area contributed by atoms with Crippen molar-refractivity contribution >= 4 is 5.97 Å². The van der Waals surface area contributed by atoms with E-state index in [1.165, 1.54) is 38.9 Å². The number of esters is 1. The van der Waals surface area contributed by atoms with E-state index in [0.29, 0.717) is 0 Å². The molecule has 0 atom stereocenters. The quantitative estimate of drug-likeness (QED) is 0.187. The van der Waals surface area contributed by atoms with Crippen LogP contribution in [0.1, 0.15) is 45.4 Å². The summed E-state index contributed by atoms with van der Waals surface area (Å²) in [6.45, 7) is 2.22. The maximum atomic E-state index is 10.7. The lowest BCUT2D eigenvalue weighted by Gasteiger charge is -1.90. The third-order valence-electron chi connectivity index (χ3n) is 2.53. The van der Waals surface area contributed by atoms with Crippen LogP contribution in [0.4, 0.5) is 0 Å². The third-order valence-corrected chi connectivity index (χ3v) is 2.53. The summed E-state index contributed by atoms with van der Waals surface area (Å²) in [5.74, 6) is -0.326. The molecule has 0 bridgehead atoms. The minimum absolute atomic E-state index is 0.326. The van der Waals surface area contributed by atoms with Crippen LogP contribution in [0, 0.1) is 0 Å². The topological polar surface area (TPSA) is 26.3 Å². The van der Waals surface area contributed by atoms with Gasteiger partial charge in [0.1, 0.15) is 0 Å². The number of allylic oxidation sites excluding steroid dienone is 7. The standard InChI is InChI=1S/C17H26O2/c1-3-4-5-6-7-8-9-10-11-12-13-14-15-16-17(18)19-2/h7-8,10-11,13-16H,3-6,9,12H2,1-2H3/b8-7-,11-10-,14-13-,16-15+. The van der Waals surface area contributed by atoms with Crippen LogP contribution in [0.15, 0.2) is 48.6 Å². The van der Waals surface area contributed by atoms with Gasteiger partial charge in [0.15, 0.2) is 0 Å². The second-order valence-corrected chi connectivity index (χ2v) is 4.22. The van der Waals surface area contributed by atoms with E-state index >= 15 is 0 Å². The summed E-state index contributed by atoms with van der Waals surface area (Å²) in [6, 6.07) is 0. The second-order valence-electron chi connectivity index (χ2n) is 4.22. The maximum Gasteiger partial charge on any atom is 0.330 e. The van der Waals surface area contributed by atoms with E-state index in [1.54, 1.807) is 6.08 Å². The second kappa shape index (κ2) is 14.5. The molecule has 0 aliphatic carbocycles. The molecule has 0 amide bonds. The molecule has 0 unspecified atom stereocenters. The molecule has 2 nitrogen and oxygen atoms in total. The molecule has 0 N–H and O–H groups in total. The molecule has 0 aromatic rings. The smallest absolute Gasteiger partial charge is 0.330 e. The van der Waals surface area contributed by atoms with E-state index in [4.69, 9.17) is 0 Å². The average molecular weight is 262 g/mol. The Morgan fingerprint density at radius 2 is 1.63 bits per heavy atom. The SMILES string of the molecule is CCCCC/C=C\C/C=C\C/C=C\C=C\C(=O)OC. The molecule has 0 rings (SSSR count). The molecule has 0 aliphatic rings. The lowest BCUT2D eigenvalue weighted by atomic mass is 10.2. The maximum absolute atomic E-state index is 10.7. The van der Waals surface area contributed by atoms with Crippen LogP contribution in [-0.4, -0.2) is 13.1 Å². The molecule has 0 spiro atoms. The number of methoxy groups -OCH3 is 1. The fraction of sp³-hybridized carbons (Fsp3) is 0.471. The Hall–Kier alpha value is -1.57. The number of carbonyl (C=O) groups excluding carboxylic acids is 1. The minimum Gasteiger partial charge on any atom is -0.466 e. The lowest BCUT2D eigenvalue weighted by molar-refractivity contribution is -0.134. The Morgan fingerprint density at radius 3 is 2.32 bits per heavy atom. The zero-order valence-electron chi connectivity index (χ0n) is 12.2. The van der Waals surface area contributed by atoms with E-state index in [2.05, 4.69) is 36.0 Å². The van der Waals surface area contributed by atoms with Gasteiger partial charge in [-0.15, -0.1) is 0 Å². The van der Waals surface area contributed by atoms with Crippen LogP contribution in [0.2, 0.25) is 0 Å². The first kappa shape index (κ1) is 17.4. The zero-order chi connectivity index (χ0) is 14.2. The Kier molecular flexibility index (Phi) is 13.3. The van der Waals surface area contributed by atoms with Gasteiger partial charge in [0.2, 0.25) is 0 Å². The van der Waals surface area contributed by atoms with Crippen molar-refractivity contribution in [1.29, 1.82) is 0 Å². The van der Waals surface area contributed by atoms with Gasteiger partial charge >= 0.3 is 5.97 Å². The molecule has 0 radical (unpaired) electrons. The Bertz CT molecular complexity index is 322. The van der Waals surface area contributed by atoms with Gasteiger partial charge in [-0.1, -0.05) is 62.3 Å². The van der Waals surface area contributed by atoms with Crippen molar-refractivity contribution in [3.63, 3.8) is 0 Å². The van der Waals surface area contributed by atoms with Gasteiger partial charge in [-0.2, -0.15) is 0 Å². The molecule has 19 heavy (non-hydrogen) atoms. The molecule has 0 saturated heterocycles. The zero-order valence-corrected chi connectivity index (χ0v) is 12.2. The molecule has 106 valence electrons. The molecule has 0 fully saturated rings. The van der Waals surface area contributed by atoms with Crippen molar-refractivity contribution in [2.45, 2.75) is 45.4 Å². The van der Waals surface area contributed by atoms with Crippen molar-refractivity contribution in [2.24, 2.45) is 0 Å². The monoisotopic (exact) mass is 262 g/mol. The summed E-state index contributed by atoms with van der Waals surface area (Å²) in [5, 5.41) is 0. The highest BCUT2D eigenvalue weighted by Crippen LogP contribution is 2.00. The van der Waals surface area contributed by atoms with Crippen molar-refractivity contribution in [1.82, 2.24) is 0 Å². The summed E-state index contributed by atoms with van der Waals surface area (Å²) < 4.78 is 4.48. The van der Waals surface area contributed by atoms with Crippen LogP contribution >= 0.6 is 0 Å². The van der Waals surface area contributed by atoms with E-state index in [1.807, 2.05) is 12.2 Å². The van der Waals surface area contributed by atoms with Gasteiger partial charge in [-0.05, 0) is 25.7 Å². The summed E-state index contributed by atoms with van der Waals surface area (Å²) in [6.07, 6.45) is 22.7. The van der Waals surface area contributed by atoms with Crippen molar-refractivity contribution in [2.75, 3.05) is 7.11 Å². The van der Waals surface area contributed by atoms with Crippen LogP contribution < -0.4 is 0 Å². The first-order chi connectivity index (χ1) is 9.31. The van der Waals surface area contributed by atoms with Crippen molar-refractivity contribution in [3.05, 3.63) is 48.6 Å². The first-order valence-electron chi connectivity index (χ1n) is 7.02. The number of hydrogen-bond donors (Lipinski definition) is 0. The van der Waals surface area contributed by atoms with E-state index in [9.17, 15) is 4.79 Å². The summed E-state index contributed by atoms with van der Waals surface area (Å²) in [7, 11) is 1.37. The number of carbonyl (C=O) groups is 1. The predicted octanol–water partition coefficient (Wildman–Crippen LogP) is 4.74. The Labute approximate surface area is 117 Å².